The summed E-state index contributed by atoms with van der Waals surface area (Å²) >= 11 is 5.72. The first-order chi connectivity index (χ1) is 5.68. The van der Waals surface area contributed by atoms with Gasteiger partial charge in [-0.1, -0.05) is 17.7 Å². The molecule has 0 aromatic heterocycles. The van der Waals surface area contributed by atoms with Gasteiger partial charge in [0.25, 0.3) is 0 Å². The van der Waals surface area contributed by atoms with Crippen molar-refractivity contribution in [2.75, 3.05) is 6.54 Å². The molecule has 4 heteroatoms. The fourth-order valence-electron chi connectivity index (χ4n) is 0.992. The molecule has 0 amide bonds. The molecule has 0 heterocycles. The maximum Gasteiger partial charge on any atom is 0.322 e. The lowest BCUT2D eigenvalue weighted by Crippen LogP contribution is -2.22. The lowest BCUT2D eigenvalue weighted by atomic mass is 10.1. The first-order valence-corrected chi connectivity index (χ1v) is 4.08. The molecule has 66 valence electrons. The minimum atomic E-state index is -0.860. The highest BCUT2D eigenvalue weighted by Crippen LogP contribution is 2.17. The molecule has 3 nitrogen and oxygen atoms in total. The second-order valence-corrected chi connectivity index (χ2v) is 2.98. The normalized spacial score (nSPS) is 16.4. The highest BCUT2D eigenvalue weighted by molar-refractivity contribution is 6.31. The van der Waals surface area contributed by atoms with E-state index in [0.717, 1.165) is 18.5 Å². The molecule has 0 spiro atoms. The molecule has 2 N–H and O–H groups in total. The number of nitrogens with one attached hydrogen (secondary N) is 1. The second-order valence-electron chi connectivity index (χ2n) is 2.54. The molecule has 1 aliphatic rings. The number of rotatable bonds is 3. The molecule has 1 aliphatic carbocycles. The highest BCUT2D eigenvalue weighted by atomic mass is 35.5. The fraction of sp³-hybridized carbons (Fsp3) is 0.375. The van der Waals surface area contributed by atoms with Gasteiger partial charge in [-0.05, 0) is 18.9 Å². The Labute approximate surface area is 75.7 Å². The molecule has 0 bridgehead atoms. The molecule has 0 atom stereocenters. The molecular weight excluding hydrogens is 178 g/mol. The lowest BCUT2D eigenvalue weighted by molar-refractivity contribution is -0.135. The molecule has 0 aromatic rings. The van der Waals surface area contributed by atoms with Crippen LogP contribution in [0, 0.1) is 0 Å². The highest BCUT2D eigenvalue weighted by Gasteiger charge is 2.04. The molecule has 1 rings (SSSR count). The van der Waals surface area contributed by atoms with Gasteiger partial charge in [0, 0.05) is 10.7 Å². The van der Waals surface area contributed by atoms with Crippen molar-refractivity contribution in [3.8, 4) is 0 Å². The van der Waals surface area contributed by atoms with Crippen molar-refractivity contribution >= 4 is 17.6 Å². The van der Waals surface area contributed by atoms with Gasteiger partial charge in [-0.3, -0.25) is 4.79 Å². The maximum absolute atomic E-state index is 10.2. The Hall–Kier alpha value is -0.960. The monoisotopic (exact) mass is 187 g/mol. The Morgan fingerprint density at radius 3 is 3.08 bits per heavy atom. The van der Waals surface area contributed by atoms with Gasteiger partial charge in [0.05, 0.1) is 0 Å². The molecular formula is C8H10ClNO2. The zero-order valence-corrected chi connectivity index (χ0v) is 7.27. The molecule has 0 aliphatic heterocycles. The predicted molar refractivity (Wildman–Crippen MR) is 46.9 cm³/mol. The van der Waals surface area contributed by atoms with E-state index >= 15 is 0 Å². The number of aliphatic carboxylic acids is 1. The van der Waals surface area contributed by atoms with Gasteiger partial charge in [-0.15, -0.1) is 0 Å². The summed E-state index contributed by atoms with van der Waals surface area (Å²) in [5.74, 6) is -0.860. The average molecular weight is 188 g/mol. The zero-order valence-electron chi connectivity index (χ0n) is 6.51. The van der Waals surface area contributed by atoms with Crippen LogP contribution in [0.4, 0.5) is 0 Å². The van der Waals surface area contributed by atoms with Crippen molar-refractivity contribution in [3.05, 3.63) is 22.9 Å². The maximum atomic E-state index is 10.2. The SMILES string of the molecule is O=C(O)CNC1=CC(Cl)=CCC1. The molecule has 0 radical (unpaired) electrons. The molecule has 0 fully saturated rings. The van der Waals surface area contributed by atoms with E-state index in [4.69, 9.17) is 16.7 Å². The van der Waals surface area contributed by atoms with Crippen molar-refractivity contribution in [1.82, 2.24) is 5.32 Å². The summed E-state index contributed by atoms with van der Waals surface area (Å²) in [6.45, 7) is -0.0456. The van der Waals surface area contributed by atoms with E-state index in [1.807, 2.05) is 6.08 Å². The van der Waals surface area contributed by atoms with Crippen LogP contribution in [0.3, 0.4) is 0 Å². The first kappa shape index (κ1) is 9.13. The van der Waals surface area contributed by atoms with E-state index in [1.54, 1.807) is 6.08 Å². The van der Waals surface area contributed by atoms with E-state index in [1.165, 1.54) is 0 Å². The second kappa shape index (κ2) is 4.16. The van der Waals surface area contributed by atoms with Crippen LogP contribution in [0.15, 0.2) is 22.9 Å². The Morgan fingerprint density at radius 2 is 2.50 bits per heavy atom. The summed E-state index contributed by atoms with van der Waals surface area (Å²) in [5, 5.41) is 11.8. The first-order valence-electron chi connectivity index (χ1n) is 3.70. The quantitative estimate of drug-likeness (QED) is 0.704. The van der Waals surface area contributed by atoms with E-state index < -0.39 is 5.97 Å². The molecule has 0 saturated carbocycles. The summed E-state index contributed by atoms with van der Waals surface area (Å²) in [6.07, 6.45) is 5.38. The minimum absolute atomic E-state index is 0.0456. The largest absolute Gasteiger partial charge is 0.480 e. The Balaban J connectivity index is 2.42. The van der Waals surface area contributed by atoms with Crippen LogP contribution in [-0.2, 0) is 4.79 Å². The van der Waals surface area contributed by atoms with Gasteiger partial charge in [-0.2, -0.15) is 0 Å². The number of carbonyl (C=O) groups is 1. The summed E-state index contributed by atoms with van der Waals surface area (Å²) < 4.78 is 0. The summed E-state index contributed by atoms with van der Waals surface area (Å²) in [5.41, 5.74) is 0.893. The van der Waals surface area contributed by atoms with Crippen LogP contribution >= 0.6 is 11.6 Å². The van der Waals surface area contributed by atoms with Crippen molar-refractivity contribution in [2.45, 2.75) is 12.8 Å². The summed E-state index contributed by atoms with van der Waals surface area (Å²) in [7, 11) is 0. The molecule has 12 heavy (non-hydrogen) atoms. The van der Waals surface area contributed by atoms with Crippen LogP contribution in [0.2, 0.25) is 0 Å². The van der Waals surface area contributed by atoms with E-state index in [0.29, 0.717) is 5.03 Å². The third-order valence-electron chi connectivity index (χ3n) is 1.53. The van der Waals surface area contributed by atoms with Crippen LogP contribution in [0.1, 0.15) is 12.8 Å². The minimum Gasteiger partial charge on any atom is -0.480 e. The Morgan fingerprint density at radius 1 is 1.75 bits per heavy atom. The molecule has 0 aromatic carbocycles. The van der Waals surface area contributed by atoms with Crippen molar-refractivity contribution < 1.29 is 9.90 Å². The third kappa shape index (κ3) is 2.96. The van der Waals surface area contributed by atoms with Gasteiger partial charge in [0.2, 0.25) is 0 Å². The predicted octanol–water partition coefficient (Wildman–Crippen LogP) is 1.46. The van der Waals surface area contributed by atoms with Crippen molar-refractivity contribution in [3.63, 3.8) is 0 Å². The number of hydrogen-bond donors (Lipinski definition) is 2. The number of carboxylic acids is 1. The van der Waals surface area contributed by atoms with Crippen molar-refractivity contribution in [1.29, 1.82) is 0 Å². The number of allylic oxidation sites excluding steroid dienone is 4. The number of carboxylic acid groups (broad SMARTS) is 1. The van der Waals surface area contributed by atoms with E-state index in [-0.39, 0.29) is 6.54 Å². The molecule has 0 unspecified atom stereocenters. The average Bonchev–Trinajstić information content (AvgIpc) is 2.01. The van der Waals surface area contributed by atoms with Gasteiger partial charge in [0.15, 0.2) is 0 Å². The van der Waals surface area contributed by atoms with Crippen molar-refractivity contribution in [2.24, 2.45) is 0 Å². The summed E-state index contributed by atoms with van der Waals surface area (Å²) in [4.78, 5) is 10.2. The van der Waals surface area contributed by atoms with Crippen LogP contribution in [0.5, 0.6) is 0 Å². The fourth-order valence-corrected chi connectivity index (χ4v) is 1.23. The van der Waals surface area contributed by atoms with E-state index in [9.17, 15) is 4.79 Å². The van der Waals surface area contributed by atoms with Crippen LogP contribution < -0.4 is 5.32 Å². The Kier molecular flexibility index (Phi) is 3.17. The van der Waals surface area contributed by atoms with Gasteiger partial charge < -0.3 is 10.4 Å². The lowest BCUT2D eigenvalue weighted by Gasteiger charge is -2.11. The number of halogens is 1. The van der Waals surface area contributed by atoms with Gasteiger partial charge in [0.1, 0.15) is 6.54 Å². The number of hydrogen-bond acceptors (Lipinski definition) is 2. The summed E-state index contributed by atoms with van der Waals surface area (Å²) in [6, 6.07) is 0. The third-order valence-corrected chi connectivity index (χ3v) is 1.80. The standard InChI is InChI=1S/C8H10ClNO2/c9-6-2-1-3-7(4-6)10-5-8(11)12/h2,4,10H,1,3,5H2,(H,11,12). The van der Waals surface area contributed by atoms with Crippen LogP contribution in [0.25, 0.3) is 0 Å². The smallest absolute Gasteiger partial charge is 0.322 e. The zero-order chi connectivity index (χ0) is 8.97. The van der Waals surface area contributed by atoms with E-state index in [2.05, 4.69) is 5.32 Å². The molecule has 0 saturated heterocycles. The topological polar surface area (TPSA) is 49.3 Å². The van der Waals surface area contributed by atoms with Gasteiger partial charge >= 0.3 is 5.97 Å². The van der Waals surface area contributed by atoms with Gasteiger partial charge in [-0.25, -0.2) is 0 Å². The van der Waals surface area contributed by atoms with Crippen LogP contribution in [-0.4, -0.2) is 17.6 Å². The Bertz CT molecular complexity index is 245.